The van der Waals surface area contributed by atoms with Crippen molar-refractivity contribution in [3.05, 3.63) is 57.7 Å². The summed E-state index contributed by atoms with van der Waals surface area (Å²) < 4.78 is 0. The highest BCUT2D eigenvalue weighted by atomic mass is 14.6. The Kier molecular flexibility index (Phi) is 4.96. The normalized spacial score (nSPS) is 16.4. The maximum absolute atomic E-state index is 9.15. The van der Waals surface area contributed by atoms with E-state index in [1.807, 2.05) is 37.3 Å². The molecule has 0 unspecified atom stereocenters. The highest BCUT2D eigenvalue weighted by molar-refractivity contribution is 5.64. The molecule has 1 aliphatic rings. The van der Waals surface area contributed by atoms with E-state index >= 15 is 0 Å². The predicted octanol–water partition coefficient (Wildman–Crippen LogP) is 4.99. The summed E-state index contributed by atoms with van der Waals surface area (Å²) in [4.78, 5) is 0. The van der Waals surface area contributed by atoms with E-state index in [4.69, 9.17) is 16.3 Å². The minimum absolute atomic E-state index is 0.0365. The number of nitrogens with two attached hydrogens (primary N) is 1. The monoisotopic (exact) mass is 317 g/mol. The van der Waals surface area contributed by atoms with Crippen LogP contribution >= 0.6 is 0 Å². The molecule has 0 heterocycles. The third kappa shape index (κ3) is 3.76. The second-order valence-corrected chi connectivity index (χ2v) is 7.19. The van der Waals surface area contributed by atoms with E-state index < -0.39 is 0 Å². The van der Waals surface area contributed by atoms with Crippen LogP contribution in [0.4, 0.5) is 5.69 Å². The first-order valence-corrected chi connectivity index (χ1v) is 8.05. The Morgan fingerprint density at radius 1 is 1.08 bits per heavy atom. The molecule has 24 heavy (non-hydrogen) atoms. The van der Waals surface area contributed by atoms with Gasteiger partial charge in [-0.2, -0.15) is 10.5 Å². The van der Waals surface area contributed by atoms with Crippen LogP contribution < -0.4 is 5.73 Å². The molecular weight excluding hydrogens is 294 g/mol. The van der Waals surface area contributed by atoms with Crippen molar-refractivity contribution in [3.8, 4) is 12.1 Å². The van der Waals surface area contributed by atoms with Crippen LogP contribution in [0, 0.1) is 41.9 Å². The van der Waals surface area contributed by atoms with Crippen LogP contribution in [0.1, 0.15) is 43.4 Å². The molecule has 1 aromatic carbocycles. The van der Waals surface area contributed by atoms with Crippen LogP contribution in [-0.4, -0.2) is 0 Å². The van der Waals surface area contributed by atoms with Gasteiger partial charge in [-0.05, 0) is 66.0 Å². The van der Waals surface area contributed by atoms with Crippen molar-refractivity contribution in [1.29, 1.82) is 10.5 Å². The lowest BCUT2D eigenvalue weighted by Crippen LogP contribution is -2.17. The summed E-state index contributed by atoms with van der Waals surface area (Å²) in [5.74, 6) is 0. The third-order valence-corrected chi connectivity index (χ3v) is 4.60. The van der Waals surface area contributed by atoms with Gasteiger partial charge in [0, 0.05) is 5.69 Å². The summed E-state index contributed by atoms with van der Waals surface area (Å²) in [7, 11) is 0. The number of nitriles is 2. The second kappa shape index (κ2) is 6.77. The van der Waals surface area contributed by atoms with Crippen LogP contribution in [0.5, 0.6) is 0 Å². The minimum Gasteiger partial charge on any atom is -0.399 e. The van der Waals surface area contributed by atoms with Crippen molar-refractivity contribution >= 4 is 11.8 Å². The average molecular weight is 317 g/mol. The van der Waals surface area contributed by atoms with Crippen molar-refractivity contribution in [3.63, 3.8) is 0 Å². The molecule has 0 atom stereocenters. The first-order chi connectivity index (χ1) is 11.3. The first kappa shape index (κ1) is 17.6. The summed E-state index contributed by atoms with van der Waals surface area (Å²) >= 11 is 0. The zero-order valence-electron chi connectivity index (χ0n) is 14.8. The molecule has 0 aliphatic heterocycles. The van der Waals surface area contributed by atoms with Gasteiger partial charge in [-0.15, -0.1) is 0 Å². The van der Waals surface area contributed by atoms with Crippen molar-refractivity contribution in [1.82, 2.24) is 0 Å². The van der Waals surface area contributed by atoms with Gasteiger partial charge in [0.2, 0.25) is 0 Å². The van der Waals surface area contributed by atoms with Gasteiger partial charge in [0.05, 0.1) is 0 Å². The highest BCUT2D eigenvalue weighted by Gasteiger charge is 2.26. The number of hydrogen-bond acceptors (Lipinski definition) is 3. The van der Waals surface area contributed by atoms with Crippen molar-refractivity contribution < 1.29 is 0 Å². The molecule has 122 valence electrons. The van der Waals surface area contributed by atoms with Gasteiger partial charge < -0.3 is 5.73 Å². The molecule has 0 saturated carbocycles. The summed E-state index contributed by atoms with van der Waals surface area (Å²) in [6.45, 7) is 8.43. The fourth-order valence-corrected chi connectivity index (χ4v) is 3.13. The number of nitrogen functional groups attached to an aromatic ring is 1. The Morgan fingerprint density at radius 3 is 2.38 bits per heavy atom. The quantitative estimate of drug-likeness (QED) is 0.617. The van der Waals surface area contributed by atoms with E-state index in [-0.39, 0.29) is 11.0 Å². The molecule has 0 radical (unpaired) electrons. The smallest absolute Gasteiger partial charge is 0.132 e. The van der Waals surface area contributed by atoms with E-state index in [0.29, 0.717) is 0 Å². The maximum atomic E-state index is 9.15. The molecule has 1 aliphatic carbocycles. The maximum Gasteiger partial charge on any atom is 0.132 e. The molecule has 2 N–H and O–H groups in total. The lowest BCUT2D eigenvalue weighted by atomic mass is 9.74. The summed E-state index contributed by atoms with van der Waals surface area (Å²) in [5, 5.41) is 18.3. The minimum atomic E-state index is 0.0365. The second-order valence-electron chi connectivity index (χ2n) is 7.19. The number of anilines is 1. The van der Waals surface area contributed by atoms with Crippen LogP contribution in [0.25, 0.3) is 6.08 Å². The molecule has 3 heteroatoms. The van der Waals surface area contributed by atoms with Crippen LogP contribution in [0.3, 0.4) is 0 Å². The van der Waals surface area contributed by atoms with Crippen molar-refractivity contribution in [2.24, 2.45) is 5.41 Å². The Bertz CT molecular complexity index is 821. The van der Waals surface area contributed by atoms with Gasteiger partial charge in [0.15, 0.2) is 0 Å². The summed E-state index contributed by atoms with van der Waals surface area (Å²) in [5.41, 5.74) is 12.4. The van der Waals surface area contributed by atoms with Crippen molar-refractivity contribution in [2.75, 3.05) is 5.73 Å². The molecule has 0 aromatic heterocycles. The predicted molar refractivity (Wildman–Crippen MR) is 98.7 cm³/mol. The highest BCUT2D eigenvalue weighted by Crippen LogP contribution is 2.39. The number of allylic oxidation sites excluding steroid dienone is 5. The molecule has 1 aromatic rings. The zero-order valence-corrected chi connectivity index (χ0v) is 14.8. The Morgan fingerprint density at radius 2 is 1.75 bits per heavy atom. The molecule has 0 spiro atoms. The molecule has 0 bridgehead atoms. The molecule has 0 fully saturated rings. The fraction of sp³-hybridized carbons (Fsp3) is 0.333. The number of benzene rings is 1. The third-order valence-electron chi connectivity index (χ3n) is 4.60. The largest absolute Gasteiger partial charge is 0.399 e. The number of hydrogen-bond donors (Lipinski definition) is 1. The van der Waals surface area contributed by atoms with E-state index in [9.17, 15) is 0 Å². The molecule has 3 nitrogen and oxygen atoms in total. The molecule has 0 saturated heterocycles. The topological polar surface area (TPSA) is 73.6 Å². The summed E-state index contributed by atoms with van der Waals surface area (Å²) in [6.07, 6.45) is 7.84. The standard InChI is InChI=1S/C21H23N3/c1-14-15(2)20(24)8-7-17(14)6-5-16-9-18(19(12-22)13-23)11-21(3,4)10-16/h5-9H,10-11,24H2,1-4H3. The van der Waals surface area contributed by atoms with Gasteiger partial charge in [0.25, 0.3) is 0 Å². The van der Waals surface area contributed by atoms with E-state index in [2.05, 4.69) is 32.9 Å². The summed E-state index contributed by atoms with van der Waals surface area (Å²) in [6, 6.07) is 7.97. The van der Waals surface area contributed by atoms with Crippen LogP contribution in [0.15, 0.2) is 41.0 Å². The van der Waals surface area contributed by atoms with E-state index in [1.54, 1.807) is 0 Å². The van der Waals surface area contributed by atoms with Gasteiger partial charge in [-0.25, -0.2) is 0 Å². The SMILES string of the molecule is Cc1c(N)ccc(C=CC2=CC(=C(C#N)C#N)CC(C)(C)C2)c1C. The first-order valence-electron chi connectivity index (χ1n) is 8.05. The van der Waals surface area contributed by atoms with Crippen LogP contribution in [-0.2, 0) is 0 Å². The Hall–Kier alpha value is -2.78. The molecule has 0 amide bonds. The Balaban J connectivity index is 2.42. The van der Waals surface area contributed by atoms with Crippen LogP contribution in [0.2, 0.25) is 0 Å². The van der Waals surface area contributed by atoms with Gasteiger partial charge in [0.1, 0.15) is 17.7 Å². The van der Waals surface area contributed by atoms with E-state index in [1.165, 1.54) is 5.56 Å². The van der Waals surface area contributed by atoms with Gasteiger partial charge >= 0.3 is 0 Å². The lowest BCUT2D eigenvalue weighted by molar-refractivity contribution is 0.354. The van der Waals surface area contributed by atoms with Gasteiger partial charge in [-0.1, -0.05) is 38.1 Å². The zero-order chi connectivity index (χ0) is 17.9. The van der Waals surface area contributed by atoms with Crippen molar-refractivity contribution in [2.45, 2.75) is 40.5 Å². The number of rotatable bonds is 2. The Labute approximate surface area is 144 Å². The average Bonchev–Trinajstić information content (AvgIpc) is 2.52. The lowest BCUT2D eigenvalue weighted by Gasteiger charge is -2.30. The molecule has 2 rings (SSSR count). The number of nitrogens with zero attached hydrogens (tertiary/aromatic N) is 2. The fourth-order valence-electron chi connectivity index (χ4n) is 3.13. The molecular formula is C21H23N3. The van der Waals surface area contributed by atoms with E-state index in [0.717, 1.165) is 40.8 Å². The van der Waals surface area contributed by atoms with Gasteiger partial charge in [-0.3, -0.25) is 0 Å².